The summed E-state index contributed by atoms with van der Waals surface area (Å²) in [7, 11) is 0. The fraction of sp³-hybridized carbons (Fsp3) is 0.429. The predicted octanol–water partition coefficient (Wildman–Crippen LogP) is 2.09. The molecule has 110 valence electrons. The Bertz CT molecular complexity index is 437. The maximum Gasteiger partial charge on any atom is 0.220 e. The third kappa shape index (κ3) is 6.04. The van der Waals surface area contributed by atoms with Gasteiger partial charge in [-0.25, -0.2) is 0 Å². The van der Waals surface area contributed by atoms with Gasteiger partial charge in [0.1, 0.15) is 5.84 Å². The standard InChI is InChI=1S/C14H20ClN3O2/c1-11(17-13(19)8-5-9-15)14(18-20)16-10-12-6-3-2-4-7-12/h2-4,6-7,11,20H,5,8-10H2,1H3,(H,16,18)(H,17,19)/t11-/m1/s1. The van der Waals surface area contributed by atoms with E-state index in [-0.39, 0.29) is 11.9 Å². The number of benzene rings is 1. The predicted molar refractivity (Wildman–Crippen MR) is 80.1 cm³/mol. The van der Waals surface area contributed by atoms with Crippen LogP contribution in [0.3, 0.4) is 0 Å². The van der Waals surface area contributed by atoms with Gasteiger partial charge < -0.3 is 5.32 Å². The van der Waals surface area contributed by atoms with Crippen molar-refractivity contribution in [3.8, 4) is 0 Å². The van der Waals surface area contributed by atoms with Gasteiger partial charge in [-0.05, 0) is 18.9 Å². The molecular weight excluding hydrogens is 278 g/mol. The summed E-state index contributed by atoms with van der Waals surface area (Å²) in [5.74, 6) is 0.670. The van der Waals surface area contributed by atoms with Crippen LogP contribution in [0.25, 0.3) is 0 Å². The summed E-state index contributed by atoms with van der Waals surface area (Å²) in [5, 5.41) is 11.9. The molecule has 1 atom stereocenters. The van der Waals surface area contributed by atoms with E-state index in [1.807, 2.05) is 35.8 Å². The zero-order chi connectivity index (χ0) is 14.8. The zero-order valence-electron chi connectivity index (χ0n) is 11.5. The molecule has 5 nitrogen and oxygen atoms in total. The summed E-state index contributed by atoms with van der Waals surface area (Å²) in [6, 6.07) is 9.29. The number of rotatable bonds is 7. The topological polar surface area (TPSA) is 73.7 Å². The summed E-state index contributed by atoms with van der Waals surface area (Å²) in [5.41, 5.74) is 3.07. The number of halogens is 1. The highest BCUT2D eigenvalue weighted by atomic mass is 35.5. The number of hydrogen-bond acceptors (Lipinski definition) is 3. The molecule has 0 aliphatic carbocycles. The molecule has 0 unspecified atom stereocenters. The Labute approximate surface area is 124 Å². The van der Waals surface area contributed by atoms with Gasteiger partial charge in [0.25, 0.3) is 0 Å². The molecule has 0 spiro atoms. The molecule has 0 radical (unpaired) electrons. The lowest BCUT2D eigenvalue weighted by atomic mass is 10.2. The van der Waals surface area contributed by atoms with Crippen LogP contribution in [0, 0.1) is 0 Å². The third-order valence-corrected chi connectivity index (χ3v) is 2.98. The molecule has 6 heteroatoms. The van der Waals surface area contributed by atoms with E-state index in [4.69, 9.17) is 16.8 Å². The number of nitrogens with one attached hydrogen (secondary N) is 2. The van der Waals surface area contributed by atoms with E-state index in [1.165, 1.54) is 0 Å². The van der Waals surface area contributed by atoms with E-state index in [0.717, 1.165) is 5.56 Å². The van der Waals surface area contributed by atoms with Crippen molar-refractivity contribution in [1.29, 1.82) is 0 Å². The minimum atomic E-state index is -0.383. The van der Waals surface area contributed by atoms with Crippen molar-refractivity contribution in [2.45, 2.75) is 32.4 Å². The molecule has 0 bridgehead atoms. The van der Waals surface area contributed by atoms with Crippen molar-refractivity contribution < 1.29 is 10.0 Å². The van der Waals surface area contributed by atoms with Gasteiger partial charge in [0.05, 0.1) is 12.6 Å². The van der Waals surface area contributed by atoms with Crippen LogP contribution in [0.15, 0.2) is 35.3 Å². The molecule has 1 amide bonds. The smallest absolute Gasteiger partial charge is 0.220 e. The number of amidine groups is 1. The summed E-state index contributed by atoms with van der Waals surface area (Å²) in [6.07, 6.45) is 0.994. The van der Waals surface area contributed by atoms with E-state index in [9.17, 15) is 4.79 Å². The Hall–Kier alpha value is -1.59. The fourth-order valence-electron chi connectivity index (χ4n) is 1.64. The first-order valence-corrected chi connectivity index (χ1v) is 7.04. The maximum atomic E-state index is 11.6. The molecule has 0 aliphatic heterocycles. The van der Waals surface area contributed by atoms with Crippen LogP contribution in [-0.2, 0) is 11.3 Å². The number of aliphatic imine (C=N–C) groups is 1. The highest BCUT2D eigenvalue weighted by Crippen LogP contribution is 2.01. The van der Waals surface area contributed by atoms with Crippen LogP contribution in [0.1, 0.15) is 25.3 Å². The number of hydroxylamine groups is 1. The second-order valence-corrected chi connectivity index (χ2v) is 4.76. The molecule has 0 saturated heterocycles. The summed E-state index contributed by atoms with van der Waals surface area (Å²) < 4.78 is 0. The number of nitrogens with zero attached hydrogens (tertiary/aromatic N) is 1. The first-order valence-electron chi connectivity index (χ1n) is 6.51. The van der Waals surface area contributed by atoms with Gasteiger partial charge >= 0.3 is 0 Å². The fourth-order valence-corrected chi connectivity index (χ4v) is 1.77. The van der Waals surface area contributed by atoms with Gasteiger partial charge in [0.2, 0.25) is 5.91 Å². The highest BCUT2D eigenvalue weighted by molar-refractivity contribution is 6.17. The first kappa shape index (κ1) is 16.5. The second-order valence-electron chi connectivity index (χ2n) is 4.38. The lowest BCUT2D eigenvalue weighted by Gasteiger charge is -2.15. The molecule has 0 aromatic heterocycles. The minimum Gasteiger partial charge on any atom is -0.346 e. The quantitative estimate of drug-likeness (QED) is 0.312. The van der Waals surface area contributed by atoms with Crippen LogP contribution in [0.5, 0.6) is 0 Å². The number of alkyl halides is 1. The molecule has 0 heterocycles. The van der Waals surface area contributed by atoms with Gasteiger partial charge in [-0.2, -0.15) is 0 Å². The lowest BCUT2D eigenvalue weighted by molar-refractivity contribution is -0.121. The molecule has 0 aliphatic rings. The molecule has 20 heavy (non-hydrogen) atoms. The van der Waals surface area contributed by atoms with Crippen molar-refractivity contribution in [3.05, 3.63) is 35.9 Å². The Morgan fingerprint density at radius 1 is 1.40 bits per heavy atom. The van der Waals surface area contributed by atoms with E-state index < -0.39 is 0 Å². The molecule has 3 N–H and O–H groups in total. The maximum absolute atomic E-state index is 11.6. The molecular formula is C14H20ClN3O2. The van der Waals surface area contributed by atoms with Crippen molar-refractivity contribution in [1.82, 2.24) is 10.8 Å². The number of amides is 1. The molecule has 1 aromatic carbocycles. The molecule has 0 fully saturated rings. The lowest BCUT2D eigenvalue weighted by Crippen LogP contribution is -2.44. The van der Waals surface area contributed by atoms with Crippen molar-refractivity contribution in [3.63, 3.8) is 0 Å². The molecule has 0 saturated carbocycles. The zero-order valence-corrected chi connectivity index (χ0v) is 12.2. The highest BCUT2D eigenvalue weighted by Gasteiger charge is 2.12. The van der Waals surface area contributed by atoms with E-state index in [1.54, 1.807) is 6.92 Å². The third-order valence-electron chi connectivity index (χ3n) is 2.71. The number of hydrogen-bond donors (Lipinski definition) is 3. The Morgan fingerprint density at radius 3 is 2.70 bits per heavy atom. The monoisotopic (exact) mass is 297 g/mol. The number of carbonyl (C=O) groups is 1. The molecule has 1 aromatic rings. The minimum absolute atomic E-state index is 0.110. The largest absolute Gasteiger partial charge is 0.346 e. The van der Waals surface area contributed by atoms with Crippen molar-refractivity contribution >= 4 is 23.3 Å². The van der Waals surface area contributed by atoms with Crippen LogP contribution >= 0.6 is 11.6 Å². The normalized spacial score (nSPS) is 12.8. The van der Waals surface area contributed by atoms with Crippen LogP contribution in [0.2, 0.25) is 0 Å². The van der Waals surface area contributed by atoms with Gasteiger partial charge in [-0.3, -0.25) is 20.5 Å². The summed E-state index contributed by atoms with van der Waals surface area (Å²) in [4.78, 5) is 15.8. The van der Waals surface area contributed by atoms with Crippen molar-refractivity contribution in [2.24, 2.45) is 4.99 Å². The van der Waals surface area contributed by atoms with Gasteiger partial charge in [-0.15, -0.1) is 11.6 Å². The van der Waals surface area contributed by atoms with Gasteiger partial charge in [0.15, 0.2) is 0 Å². The average molecular weight is 298 g/mol. The van der Waals surface area contributed by atoms with E-state index in [0.29, 0.717) is 31.1 Å². The second kappa shape index (κ2) is 9.34. The van der Waals surface area contributed by atoms with Crippen LogP contribution in [0.4, 0.5) is 0 Å². The SMILES string of the molecule is C[C@@H](NC(=O)CCCCl)C(=NCc1ccccc1)NO. The van der Waals surface area contributed by atoms with E-state index >= 15 is 0 Å². The van der Waals surface area contributed by atoms with Crippen molar-refractivity contribution in [2.75, 3.05) is 5.88 Å². The Balaban J connectivity index is 2.53. The van der Waals surface area contributed by atoms with Gasteiger partial charge in [0, 0.05) is 12.3 Å². The first-order chi connectivity index (χ1) is 9.67. The Kier molecular flexibility index (Phi) is 7.69. The van der Waals surface area contributed by atoms with Gasteiger partial charge in [-0.1, -0.05) is 30.3 Å². The Morgan fingerprint density at radius 2 is 2.10 bits per heavy atom. The van der Waals surface area contributed by atoms with E-state index in [2.05, 4.69) is 10.3 Å². The average Bonchev–Trinajstić information content (AvgIpc) is 2.46. The molecule has 1 rings (SSSR count). The summed E-state index contributed by atoms with van der Waals surface area (Å²) >= 11 is 5.53. The summed E-state index contributed by atoms with van der Waals surface area (Å²) in [6.45, 7) is 2.19. The number of carbonyl (C=O) groups excluding carboxylic acids is 1. The van der Waals surface area contributed by atoms with Crippen LogP contribution in [-0.4, -0.2) is 28.9 Å². The van der Waals surface area contributed by atoms with Crippen LogP contribution < -0.4 is 10.8 Å².